The van der Waals surface area contributed by atoms with Gasteiger partial charge in [-0.1, -0.05) is 60.7 Å². The van der Waals surface area contributed by atoms with Crippen molar-refractivity contribution in [3.63, 3.8) is 0 Å². The fourth-order valence-corrected chi connectivity index (χ4v) is 5.46. The summed E-state index contributed by atoms with van der Waals surface area (Å²) < 4.78 is 11.2. The number of nitro benzene ring substituents is 1. The lowest BCUT2D eigenvalue weighted by Crippen LogP contribution is -2.52. The number of rotatable bonds is 7. The molecule has 44 heavy (non-hydrogen) atoms. The number of urea groups is 1. The van der Waals surface area contributed by atoms with Gasteiger partial charge in [0.1, 0.15) is 23.8 Å². The van der Waals surface area contributed by atoms with E-state index >= 15 is 0 Å². The van der Waals surface area contributed by atoms with Gasteiger partial charge in [-0.25, -0.2) is 19.3 Å². The first kappa shape index (κ1) is 30.2. The van der Waals surface area contributed by atoms with Crippen LogP contribution in [0.3, 0.4) is 0 Å². The number of non-ortho nitro benzene ring substituents is 1. The Balaban J connectivity index is 1.53. The van der Waals surface area contributed by atoms with Crippen LogP contribution in [-0.4, -0.2) is 62.5 Å². The maximum absolute atomic E-state index is 14.3. The summed E-state index contributed by atoms with van der Waals surface area (Å²) in [7, 11) is 0. The van der Waals surface area contributed by atoms with Gasteiger partial charge < -0.3 is 14.4 Å². The molecule has 228 valence electrons. The van der Waals surface area contributed by atoms with E-state index in [-0.39, 0.29) is 31.8 Å². The third-order valence-corrected chi connectivity index (χ3v) is 7.50. The molecule has 0 unspecified atom stereocenters. The zero-order valence-corrected chi connectivity index (χ0v) is 24.5. The second-order valence-electron chi connectivity index (χ2n) is 11.7. The molecule has 0 saturated carbocycles. The zero-order valence-electron chi connectivity index (χ0n) is 24.5. The van der Waals surface area contributed by atoms with Crippen molar-refractivity contribution in [2.45, 2.75) is 57.5 Å². The molecule has 2 aliphatic heterocycles. The minimum atomic E-state index is -1.65. The molecule has 2 atom stereocenters. The average molecular weight is 601 g/mol. The summed E-state index contributed by atoms with van der Waals surface area (Å²) in [5.74, 6) is -1.35. The molecule has 12 nitrogen and oxygen atoms in total. The topological polar surface area (TPSA) is 140 Å². The minimum absolute atomic E-state index is 0.0697. The predicted molar refractivity (Wildman–Crippen MR) is 158 cm³/mol. The SMILES string of the molecule is CC(C)(C)OC(=O)[C@@H]1C[C@]2(CN1C(=O)OCc1ccccc1)C(=O)N(c1ccccc1)C(=O)N2Cc1ccc([N+](=O)[O-])cc1. The smallest absolute Gasteiger partial charge is 0.410 e. The number of amides is 4. The fraction of sp³-hybridized carbons (Fsp3) is 0.312. The van der Waals surface area contributed by atoms with Crippen molar-refractivity contribution in [2.24, 2.45) is 0 Å². The van der Waals surface area contributed by atoms with Crippen LogP contribution < -0.4 is 4.90 Å². The standard InChI is InChI=1S/C32H32N4O8/c1-31(2,3)44-27(37)26-18-32(21-33(26)30(40)43-20-23-10-6-4-7-11-23)28(38)35(24-12-8-5-9-13-24)29(39)34(32)19-22-14-16-25(17-15-22)36(41)42/h4-17,26H,18-21H2,1-3H3/t26-,32-/m0/s1. The quantitative estimate of drug-likeness (QED) is 0.159. The van der Waals surface area contributed by atoms with Crippen LogP contribution in [-0.2, 0) is 32.2 Å². The molecule has 3 aromatic carbocycles. The molecule has 2 aliphatic rings. The lowest BCUT2D eigenvalue weighted by atomic mass is 9.93. The van der Waals surface area contributed by atoms with Crippen LogP contribution in [0.25, 0.3) is 0 Å². The summed E-state index contributed by atoms with van der Waals surface area (Å²) >= 11 is 0. The molecule has 12 heteroatoms. The first-order valence-corrected chi connectivity index (χ1v) is 14.0. The molecule has 2 fully saturated rings. The number of likely N-dealkylation sites (tertiary alicyclic amines) is 1. The minimum Gasteiger partial charge on any atom is -0.458 e. The van der Waals surface area contributed by atoms with Crippen molar-refractivity contribution < 1.29 is 33.6 Å². The van der Waals surface area contributed by atoms with E-state index in [1.165, 1.54) is 29.2 Å². The van der Waals surface area contributed by atoms with E-state index in [2.05, 4.69) is 0 Å². The molecule has 0 N–H and O–H groups in total. The summed E-state index contributed by atoms with van der Waals surface area (Å²) in [6, 6.07) is 21.1. The average Bonchev–Trinajstić information content (AvgIpc) is 3.49. The summed E-state index contributed by atoms with van der Waals surface area (Å²) in [5, 5.41) is 11.2. The summed E-state index contributed by atoms with van der Waals surface area (Å²) in [6.07, 6.45) is -1.07. The highest BCUT2D eigenvalue weighted by molar-refractivity contribution is 6.23. The highest BCUT2D eigenvalue weighted by Crippen LogP contribution is 2.43. The fourth-order valence-electron chi connectivity index (χ4n) is 5.46. The van der Waals surface area contributed by atoms with Gasteiger partial charge in [0.25, 0.3) is 11.6 Å². The highest BCUT2D eigenvalue weighted by Gasteiger charge is 2.65. The normalized spacial score (nSPS) is 19.9. The highest BCUT2D eigenvalue weighted by atomic mass is 16.6. The van der Waals surface area contributed by atoms with Gasteiger partial charge in [0.15, 0.2) is 0 Å². The van der Waals surface area contributed by atoms with E-state index in [0.717, 1.165) is 15.4 Å². The monoisotopic (exact) mass is 600 g/mol. The van der Waals surface area contributed by atoms with Crippen molar-refractivity contribution >= 4 is 35.4 Å². The molecule has 0 aromatic heterocycles. The summed E-state index contributed by atoms with van der Waals surface area (Å²) in [5.41, 5.74) is -1.10. The van der Waals surface area contributed by atoms with Gasteiger partial charge in [-0.15, -0.1) is 0 Å². The Morgan fingerprint density at radius 2 is 1.55 bits per heavy atom. The first-order chi connectivity index (χ1) is 20.9. The van der Waals surface area contributed by atoms with Crippen molar-refractivity contribution in [2.75, 3.05) is 11.4 Å². The van der Waals surface area contributed by atoms with Crippen LogP contribution in [0.15, 0.2) is 84.9 Å². The third-order valence-electron chi connectivity index (χ3n) is 7.50. The van der Waals surface area contributed by atoms with Crippen molar-refractivity contribution in [3.8, 4) is 0 Å². The van der Waals surface area contributed by atoms with Gasteiger partial charge in [0.2, 0.25) is 0 Å². The lowest BCUT2D eigenvalue weighted by Gasteiger charge is -2.31. The molecule has 0 bridgehead atoms. The second kappa shape index (κ2) is 11.8. The molecule has 2 saturated heterocycles. The number of esters is 1. The second-order valence-corrected chi connectivity index (χ2v) is 11.7. The van der Waals surface area contributed by atoms with E-state index < -0.39 is 46.1 Å². The van der Waals surface area contributed by atoms with Crippen molar-refractivity contribution in [1.29, 1.82) is 0 Å². The van der Waals surface area contributed by atoms with Crippen molar-refractivity contribution in [3.05, 3.63) is 106 Å². The number of anilines is 1. The van der Waals surface area contributed by atoms with Crippen LogP contribution >= 0.6 is 0 Å². The number of carbonyl (C=O) groups is 4. The molecule has 3 aromatic rings. The number of carbonyl (C=O) groups excluding carboxylic acids is 4. The number of benzene rings is 3. The van der Waals surface area contributed by atoms with Gasteiger partial charge >= 0.3 is 18.1 Å². The molecule has 0 radical (unpaired) electrons. The van der Waals surface area contributed by atoms with Gasteiger partial charge in [-0.3, -0.25) is 19.8 Å². The Morgan fingerprint density at radius 3 is 2.14 bits per heavy atom. The van der Waals surface area contributed by atoms with E-state index in [9.17, 15) is 29.3 Å². The van der Waals surface area contributed by atoms with E-state index in [1.807, 2.05) is 6.07 Å². The number of imide groups is 1. The molecular weight excluding hydrogens is 568 g/mol. The molecule has 2 heterocycles. The summed E-state index contributed by atoms with van der Waals surface area (Å²) in [6.45, 7) is 4.56. The van der Waals surface area contributed by atoms with Crippen LogP contribution in [0.5, 0.6) is 0 Å². The number of nitrogens with zero attached hydrogens (tertiary/aromatic N) is 4. The predicted octanol–water partition coefficient (Wildman–Crippen LogP) is 5.06. The number of nitro groups is 1. The zero-order chi connectivity index (χ0) is 31.6. The Labute approximate surface area is 253 Å². The van der Waals surface area contributed by atoms with Gasteiger partial charge in [-0.2, -0.15) is 0 Å². The Kier molecular flexibility index (Phi) is 8.09. The molecule has 0 aliphatic carbocycles. The molecular formula is C32H32N4O8. The first-order valence-electron chi connectivity index (χ1n) is 14.0. The third kappa shape index (κ3) is 5.96. The molecule has 5 rings (SSSR count). The van der Waals surface area contributed by atoms with Gasteiger partial charge in [0, 0.05) is 25.1 Å². The Bertz CT molecular complexity index is 1570. The Morgan fingerprint density at radius 1 is 0.932 bits per heavy atom. The maximum atomic E-state index is 14.3. The number of hydrogen-bond donors (Lipinski definition) is 0. The Hall–Kier alpha value is -5.26. The number of ether oxygens (including phenoxy) is 2. The van der Waals surface area contributed by atoms with Crippen LogP contribution in [0, 0.1) is 10.1 Å². The van der Waals surface area contributed by atoms with E-state index in [1.54, 1.807) is 75.4 Å². The molecule has 4 amide bonds. The van der Waals surface area contributed by atoms with Gasteiger partial charge in [0.05, 0.1) is 17.2 Å². The van der Waals surface area contributed by atoms with Crippen molar-refractivity contribution in [1.82, 2.24) is 9.80 Å². The number of hydrogen-bond acceptors (Lipinski definition) is 8. The number of para-hydroxylation sites is 1. The van der Waals surface area contributed by atoms with Crippen LogP contribution in [0.4, 0.5) is 21.0 Å². The maximum Gasteiger partial charge on any atom is 0.410 e. The van der Waals surface area contributed by atoms with E-state index in [0.29, 0.717) is 11.3 Å². The lowest BCUT2D eigenvalue weighted by molar-refractivity contribution is -0.384. The van der Waals surface area contributed by atoms with Crippen LogP contribution in [0.2, 0.25) is 0 Å². The summed E-state index contributed by atoms with van der Waals surface area (Å²) in [4.78, 5) is 69.6. The largest absolute Gasteiger partial charge is 0.458 e. The van der Waals surface area contributed by atoms with Crippen LogP contribution in [0.1, 0.15) is 38.3 Å². The molecule has 1 spiro atoms. The van der Waals surface area contributed by atoms with E-state index in [4.69, 9.17) is 9.47 Å². The van der Waals surface area contributed by atoms with Gasteiger partial charge in [-0.05, 0) is 44.0 Å².